The molecule has 0 aliphatic carbocycles. The van der Waals surface area contributed by atoms with E-state index in [2.05, 4.69) is 21.2 Å². The number of anilines is 1. The third-order valence-corrected chi connectivity index (χ3v) is 5.49. The van der Waals surface area contributed by atoms with Crippen LogP contribution < -0.4 is 10.1 Å². The number of rotatable bonds is 8. The normalized spacial score (nSPS) is 15.8. The molecule has 1 fully saturated rings. The first kappa shape index (κ1) is 22.8. The Balaban J connectivity index is 1.39. The highest BCUT2D eigenvalue weighted by Gasteiger charge is 2.21. The van der Waals surface area contributed by atoms with E-state index in [-0.39, 0.29) is 12.5 Å². The van der Waals surface area contributed by atoms with E-state index < -0.39 is 6.10 Å². The van der Waals surface area contributed by atoms with Crippen molar-refractivity contribution in [3.8, 4) is 11.8 Å². The highest BCUT2D eigenvalue weighted by atomic mass is 16.5. The molecule has 0 saturated carbocycles. The van der Waals surface area contributed by atoms with Gasteiger partial charge in [0, 0.05) is 38.4 Å². The number of carbonyl (C=O) groups is 1. The molecule has 1 aliphatic rings. The summed E-state index contributed by atoms with van der Waals surface area (Å²) in [5, 5.41) is 22.5. The van der Waals surface area contributed by atoms with Crippen LogP contribution in [0.25, 0.3) is 0 Å². The quantitative estimate of drug-likeness (QED) is 0.678. The summed E-state index contributed by atoms with van der Waals surface area (Å²) in [7, 11) is 0. The zero-order valence-corrected chi connectivity index (χ0v) is 18.2. The second-order valence-electron chi connectivity index (χ2n) is 7.96. The number of amides is 1. The lowest BCUT2D eigenvalue weighted by atomic mass is 10.1. The molecule has 2 aromatic carbocycles. The molecule has 3 rings (SSSR count). The summed E-state index contributed by atoms with van der Waals surface area (Å²) in [6.45, 7) is 8.08. The standard InChI is InChI=1S/C24H30N4O3/c1-18-6-5-7-19(2)24(18)26-23(30)16-28-12-10-27(11-13-28)15-21(29)17-31-22-9-4-3-8-20(22)14-25/h3-9,21,29H,10-13,15-17H2,1-2H3,(H,26,30). The van der Waals surface area contributed by atoms with Crippen molar-refractivity contribution < 1.29 is 14.6 Å². The Labute approximate surface area is 183 Å². The molecule has 2 N–H and O–H groups in total. The third kappa shape index (κ3) is 6.53. The molecule has 1 heterocycles. The van der Waals surface area contributed by atoms with Crippen molar-refractivity contribution in [2.24, 2.45) is 0 Å². The van der Waals surface area contributed by atoms with E-state index in [1.165, 1.54) is 0 Å². The Hall–Kier alpha value is -2.92. The largest absolute Gasteiger partial charge is 0.489 e. The fraction of sp³-hybridized carbons (Fsp3) is 0.417. The SMILES string of the molecule is Cc1cccc(C)c1NC(=O)CN1CCN(CC(O)COc2ccccc2C#N)CC1. The number of nitrogens with one attached hydrogen (secondary N) is 1. The summed E-state index contributed by atoms with van der Waals surface area (Å²) < 4.78 is 5.62. The Bertz CT molecular complexity index is 912. The van der Waals surface area contributed by atoms with E-state index in [1.54, 1.807) is 24.3 Å². The van der Waals surface area contributed by atoms with Gasteiger partial charge >= 0.3 is 0 Å². The number of nitrogens with zero attached hydrogens (tertiary/aromatic N) is 3. The number of aliphatic hydroxyl groups is 1. The number of piperazine rings is 1. The van der Waals surface area contributed by atoms with E-state index >= 15 is 0 Å². The van der Waals surface area contributed by atoms with E-state index in [4.69, 9.17) is 10.00 Å². The number of aryl methyl sites for hydroxylation is 2. The van der Waals surface area contributed by atoms with E-state index in [9.17, 15) is 9.90 Å². The molecule has 1 unspecified atom stereocenters. The monoisotopic (exact) mass is 422 g/mol. The van der Waals surface area contributed by atoms with E-state index in [1.807, 2.05) is 32.0 Å². The maximum Gasteiger partial charge on any atom is 0.238 e. The van der Waals surface area contributed by atoms with Gasteiger partial charge in [0.1, 0.15) is 24.5 Å². The molecule has 1 atom stereocenters. The predicted molar refractivity (Wildman–Crippen MR) is 120 cm³/mol. The highest BCUT2D eigenvalue weighted by molar-refractivity contribution is 5.93. The van der Waals surface area contributed by atoms with Crippen LogP contribution in [0.15, 0.2) is 42.5 Å². The van der Waals surface area contributed by atoms with Crippen LogP contribution in [-0.4, -0.2) is 72.8 Å². The van der Waals surface area contributed by atoms with Crippen molar-refractivity contribution in [2.75, 3.05) is 51.2 Å². The van der Waals surface area contributed by atoms with Crippen LogP contribution in [0.4, 0.5) is 5.69 Å². The number of hydrogen-bond donors (Lipinski definition) is 2. The average Bonchev–Trinajstić information content (AvgIpc) is 2.76. The summed E-state index contributed by atoms with van der Waals surface area (Å²) in [6.07, 6.45) is -0.648. The lowest BCUT2D eigenvalue weighted by molar-refractivity contribution is -0.117. The minimum Gasteiger partial charge on any atom is -0.489 e. The molecule has 0 radical (unpaired) electrons. The molecule has 31 heavy (non-hydrogen) atoms. The molecule has 7 nitrogen and oxygen atoms in total. The fourth-order valence-corrected chi connectivity index (χ4v) is 3.75. The molecule has 1 amide bonds. The van der Waals surface area contributed by atoms with E-state index in [0.29, 0.717) is 24.4 Å². The summed E-state index contributed by atoms with van der Waals surface area (Å²) in [5.41, 5.74) is 3.48. The maximum atomic E-state index is 12.5. The zero-order chi connectivity index (χ0) is 22.2. The smallest absolute Gasteiger partial charge is 0.238 e. The summed E-state index contributed by atoms with van der Waals surface area (Å²) in [4.78, 5) is 16.8. The van der Waals surface area contributed by atoms with Crippen molar-refractivity contribution in [2.45, 2.75) is 20.0 Å². The van der Waals surface area contributed by atoms with Gasteiger partial charge in [0.25, 0.3) is 0 Å². The lowest BCUT2D eigenvalue weighted by Crippen LogP contribution is -2.50. The summed E-state index contributed by atoms with van der Waals surface area (Å²) in [6, 6.07) is 15.1. The van der Waals surface area contributed by atoms with Crippen molar-refractivity contribution >= 4 is 11.6 Å². The first-order chi connectivity index (χ1) is 15.0. The summed E-state index contributed by atoms with van der Waals surface area (Å²) in [5.74, 6) is 0.485. The number of ether oxygens (including phenoxy) is 1. The van der Waals surface area contributed by atoms with Crippen LogP contribution in [0.3, 0.4) is 0 Å². The van der Waals surface area contributed by atoms with Gasteiger partial charge < -0.3 is 15.2 Å². The van der Waals surface area contributed by atoms with Gasteiger partial charge in [-0.15, -0.1) is 0 Å². The zero-order valence-electron chi connectivity index (χ0n) is 18.2. The fourth-order valence-electron chi connectivity index (χ4n) is 3.75. The molecule has 1 saturated heterocycles. The number of aliphatic hydroxyl groups excluding tert-OH is 1. The second kappa shape index (κ2) is 10.9. The average molecular weight is 423 g/mol. The maximum absolute atomic E-state index is 12.5. The van der Waals surface area contributed by atoms with Gasteiger partial charge in [-0.1, -0.05) is 30.3 Å². The van der Waals surface area contributed by atoms with Crippen LogP contribution >= 0.6 is 0 Å². The van der Waals surface area contributed by atoms with Crippen molar-refractivity contribution in [1.29, 1.82) is 5.26 Å². The van der Waals surface area contributed by atoms with Crippen LogP contribution in [-0.2, 0) is 4.79 Å². The molecular weight excluding hydrogens is 392 g/mol. The third-order valence-electron chi connectivity index (χ3n) is 5.49. The first-order valence-electron chi connectivity index (χ1n) is 10.6. The van der Waals surface area contributed by atoms with Crippen molar-refractivity contribution in [3.05, 3.63) is 59.2 Å². The van der Waals surface area contributed by atoms with Gasteiger partial charge in [0.05, 0.1) is 12.1 Å². The molecule has 1 aliphatic heterocycles. The van der Waals surface area contributed by atoms with Crippen molar-refractivity contribution in [1.82, 2.24) is 9.80 Å². The minimum atomic E-state index is -0.648. The number of nitriles is 1. The molecular formula is C24H30N4O3. The van der Waals surface area contributed by atoms with Gasteiger partial charge in [-0.2, -0.15) is 5.26 Å². The Kier molecular flexibility index (Phi) is 8.01. The van der Waals surface area contributed by atoms with Gasteiger partial charge in [0.15, 0.2) is 0 Å². The topological polar surface area (TPSA) is 88.8 Å². The van der Waals surface area contributed by atoms with Gasteiger partial charge in [-0.05, 0) is 37.1 Å². The Morgan fingerprint density at radius 3 is 2.42 bits per heavy atom. The Morgan fingerprint density at radius 1 is 1.10 bits per heavy atom. The Morgan fingerprint density at radius 2 is 1.74 bits per heavy atom. The van der Waals surface area contributed by atoms with Crippen LogP contribution in [0.1, 0.15) is 16.7 Å². The molecule has 0 bridgehead atoms. The van der Waals surface area contributed by atoms with Crippen LogP contribution in [0, 0.1) is 25.2 Å². The van der Waals surface area contributed by atoms with E-state index in [0.717, 1.165) is 43.0 Å². The molecule has 7 heteroatoms. The van der Waals surface area contributed by atoms with Crippen molar-refractivity contribution in [3.63, 3.8) is 0 Å². The molecule has 0 aromatic heterocycles. The van der Waals surface area contributed by atoms with Gasteiger partial charge in [0.2, 0.25) is 5.91 Å². The molecule has 0 spiro atoms. The summed E-state index contributed by atoms with van der Waals surface area (Å²) >= 11 is 0. The van der Waals surface area contributed by atoms with Crippen LogP contribution in [0.2, 0.25) is 0 Å². The lowest BCUT2D eigenvalue weighted by Gasteiger charge is -2.35. The molecule has 2 aromatic rings. The number of hydrogen-bond acceptors (Lipinski definition) is 6. The first-order valence-corrected chi connectivity index (χ1v) is 10.6. The number of carbonyl (C=O) groups excluding carboxylic acids is 1. The van der Waals surface area contributed by atoms with Gasteiger partial charge in [-0.25, -0.2) is 0 Å². The van der Waals surface area contributed by atoms with Gasteiger partial charge in [-0.3, -0.25) is 14.6 Å². The highest BCUT2D eigenvalue weighted by Crippen LogP contribution is 2.19. The molecule has 164 valence electrons. The second-order valence-corrected chi connectivity index (χ2v) is 7.96. The van der Waals surface area contributed by atoms with Crippen LogP contribution in [0.5, 0.6) is 5.75 Å². The minimum absolute atomic E-state index is 0.00422. The predicted octanol–water partition coefficient (Wildman–Crippen LogP) is 2.17. The number of β-amino-alcohol motifs (C(OH)–C–C–N with tert-alkyl or cyclic N) is 1. The number of benzene rings is 2. The number of para-hydroxylation sites is 2.